The van der Waals surface area contributed by atoms with E-state index in [0.717, 1.165) is 11.6 Å². The highest BCUT2D eigenvalue weighted by Crippen LogP contribution is 2.28. The molecule has 5 heteroatoms. The molecule has 0 aromatic heterocycles. The van der Waals surface area contributed by atoms with Gasteiger partial charge in [0.2, 0.25) is 0 Å². The number of carboxylic acid groups (broad SMARTS) is 1. The first-order valence-corrected chi connectivity index (χ1v) is 6.47. The van der Waals surface area contributed by atoms with Gasteiger partial charge in [0.15, 0.2) is 0 Å². The van der Waals surface area contributed by atoms with Crippen LogP contribution in [0.1, 0.15) is 11.1 Å². The summed E-state index contributed by atoms with van der Waals surface area (Å²) in [6.45, 7) is 1.83. The van der Waals surface area contributed by atoms with E-state index in [1.165, 1.54) is 18.2 Å². The van der Waals surface area contributed by atoms with Gasteiger partial charge in [0.1, 0.15) is 17.3 Å². The van der Waals surface area contributed by atoms with Gasteiger partial charge in [0.05, 0.1) is 0 Å². The van der Waals surface area contributed by atoms with Gasteiger partial charge in [0.25, 0.3) is 0 Å². The summed E-state index contributed by atoms with van der Waals surface area (Å²) in [5, 5.41) is 9.17. The van der Waals surface area contributed by atoms with Crippen LogP contribution in [0.15, 0.2) is 42.5 Å². The van der Waals surface area contributed by atoms with Gasteiger partial charge in [-0.3, -0.25) is 0 Å². The Bertz CT molecular complexity index is 711. The van der Waals surface area contributed by atoms with Crippen LogP contribution >= 0.6 is 11.6 Å². The molecule has 21 heavy (non-hydrogen) atoms. The number of hydrogen-bond donors (Lipinski definition) is 1. The van der Waals surface area contributed by atoms with Crippen LogP contribution in [0.4, 0.5) is 4.39 Å². The molecule has 0 aliphatic heterocycles. The molecule has 0 saturated heterocycles. The molecule has 3 nitrogen and oxygen atoms in total. The Morgan fingerprint density at radius 3 is 2.71 bits per heavy atom. The Morgan fingerprint density at radius 2 is 2.05 bits per heavy atom. The lowest BCUT2D eigenvalue weighted by atomic mass is 10.2. The molecule has 0 heterocycles. The average Bonchev–Trinajstić information content (AvgIpc) is 2.39. The SMILES string of the molecule is Cc1cc(Cl)ccc1Oc1cc(F)cc(/C=C/C(=O)O)c1. The fraction of sp³-hybridized carbons (Fsp3) is 0.0625. The molecule has 108 valence electrons. The van der Waals surface area contributed by atoms with Gasteiger partial charge >= 0.3 is 5.97 Å². The number of carbonyl (C=O) groups is 1. The van der Waals surface area contributed by atoms with Crippen LogP contribution in [-0.4, -0.2) is 11.1 Å². The second-order valence-corrected chi connectivity index (χ2v) is 4.84. The number of carboxylic acids is 1. The van der Waals surface area contributed by atoms with Crippen molar-refractivity contribution in [2.45, 2.75) is 6.92 Å². The first-order chi connectivity index (χ1) is 9.94. The Hall–Kier alpha value is -2.33. The van der Waals surface area contributed by atoms with E-state index in [1.807, 2.05) is 6.92 Å². The molecular weight excluding hydrogens is 295 g/mol. The van der Waals surface area contributed by atoms with Crippen LogP contribution in [0.3, 0.4) is 0 Å². The van der Waals surface area contributed by atoms with Crippen molar-refractivity contribution >= 4 is 23.6 Å². The molecule has 1 N–H and O–H groups in total. The summed E-state index contributed by atoms with van der Waals surface area (Å²) < 4.78 is 19.1. The van der Waals surface area contributed by atoms with E-state index in [1.54, 1.807) is 24.3 Å². The van der Waals surface area contributed by atoms with Gasteiger partial charge in [0, 0.05) is 17.2 Å². The molecule has 0 radical (unpaired) electrons. The third-order valence-electron chi connectivity index (χ3n) is 2.68. The number of halogens is 2. The molecule has 0 spiro atoms. The summed E-state index contributed by atoms with van der Waals surface area (Å²) in [4.78, 5) is 10.5. The highest BCUT2D eigenvalue weighted by molar-refractivity contribution is 6.30. The number of hydrogen-bond acceptors (Lipinski definition) is 2. The van der Waals surface area contributed by atoms with Crippen LogP contribution in [0.2, 0.25) is 5.02 Å². The highest BCUT2D eigenvalue weighted by Gasteiger charge is 2.05. The monoisotopic (exact) mass is 306 g/mol. The Morgan fingerprint density at radius 1 is 1.29 bits per heavy atom. The standard InChI is InChI=1S/C16H12ClFO3/c1-10-6-12(17)3-4-15(10)21-14-8-11(2-5-16(19)20)7-13(18)9-14/h2-9H,1H3,(H,19,20)/b5-2+. The Balaban J connectivity index is 2.29. The molecule has 2 aromatic rings. The molecule has 0 atom stereocenters. The van der Waals surface area contributed by atoms with E-state index in [-0.39, 0.29) is 5.75 Å². The van der Waals surface area contributed by atoms with Gasteiger partial charge in [-0.1, -0.05) is 11.6 Å². The third-order valence-corrected chi connectivity index (χ3v) is 2.91. The van der Waals surface area contributed by atoms with Gasteiger partial charge in [-0.15, -0.1) is 0 Å². The van der Waals surface area contributed by atoms with Crippen molar-refractivity contribution < 1.29 is 19.0 Å². The number of aryl methyl sites for hydroxylation is 1. The van der Waals surface area contributed by atoms with E-state index < -0.39 is 11.8 Å². The largest absolute Gasteiger partial charge is 0.478 e. The first kappa shape index (κ1) is 15.1. The van der Waals surface area contributed by atoms with Crippen molar-refractivity contribution in [3.05, 3.63) is 64.4 Å². The van der Waals surface area contributed by atoms with Crippen LogP contribution < -0.4 is 4.74 Å². The summed E-state index contributed by atoms with van der Waals surface area (Å²) in [6, 6.07) is 9.11. The quantitative estimate of drug-likeness (QED) is 0.834. The maximum atomic E-state index is 13.5. The molecule has 2 aromatic carbocycles. The number of ether oxygens (including phenoxy) is 1. The number of aliphatic carboxylic acids is 1. The smallest absolute Gasteiger partial charge is 0.328 e. The van der Waals surface area contributed by atoms with Crippen molar-refractivity contribution in [3.63, 3.8) is 0 Å². The lowest BCUT2D eigenvalue weighted by molar-refractivity contribution is -0.131. The Kier molecular flexibility index (Phi) is 4.60. The molecule has 0 saturated carbocycles. The third kappa shape index (κ3) is 4.33. The lowest BCUT2D eigenvalue weighted by Crippen LogP contribution is -1.90. The van der Waals surface area contributed by atoms with Gasteiger partial charge in [-0.25, -0.2) is 9.18 Å². The van der Waals surface area contributed by atoms with E-state index in [9.17, 15) is 9.18 Å². The zero-order chi connectivity index (χ0) is 15.4. The number of benzene rings is 2. The molecule has 0 bridgehead atoms. The first-order valence-electron chi connectivity index (χ1n) is 6.09. The molecule has 0 amide bonds. The van der Waals surface area contributed by atoms with E-state index in [2.05, 4.69) is 0 Å². The minimum absolute atomic E-state index is 0.283. The second kappa shape index (κ2) is 6.41. The average molecular weight is 307 g/mol. The number of rotatable bonds is 4. The zero-order valence-corrected chi connectivity index (χ0v) is 11.9. The second-order valence-electron chi connectivity index (χ2n) is 4.40. The minimum atomic E-state index is -1.10. The lowest BCUT2D eigenvalue weighted by Gasteiger charge is -2.09. The van der Waals surface area contributed by atoms with Crippen LogP contribution in [0, 0.1) is 12.7 Å². The molecule has 0 fully saturated rings. The highest BCUT2D eigenvalue weighted by atomic mass is 35.5. The van der Waals surface area contributed by atoms with Gasteiger partial charge in [-0.05, 0) is 54.5 Å². The summed E-state index contributed by atoms with van der Waals surface area (Å²) in [6.07, 6.45) is 2.24. The minimum Gasteiger partial charge on any atom is -0.478 e. The summed E-state index contributed by atoms with van der Waals surface area (Å²) in [5.41, 5.74) is 1.22. The zero-order valence-electron chi connectivity index (χ0n) is 11.1. The van der Waals surface area contributed by atoms with Crippen molar-refractivity contribution in [2.75, 3.05) is 0 Å². The summed E-state index contributed by atoms with van der Waals surface area (Å²) in [5.74, 6) is -0.775. The molecule has 2 rings (SSSR count). The normalized spacial score (nSPS) is 10.8. The molecular formula is C16H12ClFO3. The van der Waals surface area contributed by atoms with E-state index in [0.29, 0.717) is 16.3 Å². The van der Waals surface area contributed by atoms with Crippen molar-refractivity contribution in [3.8, 4) is 11.5 Å². The fourth-order valence-electron chi connectivity index (χ4n) is 1.76. The van der Waals surface area contributed by atoms with Crippen LogP contribution in [-0.2, 0) is 4.79 Å². The fourth-order valence-corrected chi connectivity index (χ4v) is 1.99. The predicted molar refractivity (Wildman–Crippen MR) is 79.3 cm³/mol. The summed E-state index contributed by atoms with van der Waals surface area (Å²) in [7, 11) is 0. The van der Waals surface area contributed by atoms with E-state index >= 15 is 0 Å². The molecule has 0 aliphatic rings. The Labute approximate surface area is 126 Å². The predicted octanol–water partition coefficient (Wildman–Crippen LogP) is 4.68. The van der Waals surface area contributed by atoms with Gasteiger partial charge in [-0.2, -0.15) is 0 Å². The van der Waals surface area contributed by atoms with Crippen LogP contribution in [0.5, 0.6) is 11.5 Å². The van der Waals surface area contributed by atoms with Crippen LogP contribution in [0.25, 0.3) is 6.08 Å². The van der Waals surface area contributed by atoms with Crippen molar-refractivity contribution in [1.29, 1.82) is 0 Å². The van der Waals surface area contributed by atoms with Crippen molar-refractivity contribution in [2.24, 2.45) is 0 Å². The summed E-state index contributed by atoms with van der Waals surface area (Å²) >= 11 is 5.86. The molecule has 0 aliphatic carbocycles. The maximum Gasteiger partial charge on any atom is 0.328 e. The van der Waals surface area contributed by atoms with E-state index in [4.69, 9.17) is 21.4 Å². The van der Waals surface area contributed by atoms with Crippen molar-refractivity contribution in [1.82, 2.24) is 0 Å². The van der Waals surface area contributed by atoms with Gasteiger partial charge < -0.3 is 9.84 Å². The maximum absolute atomic E-state index is 13.5. The molecule has 0 unspecified atom stereocenters. The topological polar surface area (TPSA) is 46.5 Å².